The van der Waals surface area contributed by atoms with Crippen LogP contribution >= 0.6 is 11.9 Å². The molecule has 2 aromatic carbocycles. The van der Waals surface area contributed by atoms with Gasteiger partial charge in [0.05, 0.1) is 12.1 Å². The van der Waals surface area contributed by atoms with Gasteiger partial charge >= 0.3 is 0 Å². The minimum Gasteiger partial charge on any atom is -0.336 e. The number of nitrogens with zero attached hydrogens (tertiary/aromatic N) is 2. The summed E-state index contributed by atoms with van der Waals surface area (Å²) in [5.41, 5.74) is 0.179. The van der Waals surface area contributed by atoms with Gasteiger partial charge in [-0.15, -0.1) is 0 Å². The van der Waals surface area contributed by atoms with Crippen LogP contribution in [0.2, 0.25) is 0 Å². The van der Waals surface area contributed by atoms with Gasteiger partial charge in [-0.25, -0.2) is 17.6 Å². The fraction of sp³-hybridized carbons (Fsp3) is 0.417. The molecule has 0 aromatic heterocycles. The standard InChI is InChI=1S/C24H23F4N3OS/c1-14(11-29)23(32)31-12-24(5-6-24)22(30-33-13-25)20(31)9-15-3-2-4-19(21(15)28)16-7-17(26)10-18(27)8-16/h2-4,7-8,10,14,20,22,30H,5-6,9,12-13H2,1H3. The lowest BCUT2D eigenvalue weighted by Gasteiger charge is -2.30. The summed E-state index contributed by atoms with van der Waals surface area (Å²) < 4.78 is 59.0. The molecule has 33 heavy (non-hydrogen) atoms. The highest BCUT2D eigenvalue weighted by Crippen LogP contribution is 2.56. The zero-order valence-corrected chi connectivity index (χ0v) is 18.8. The predicted octanol–water partition coefficient (Wildman–Crippen LogP) is 5.00. The molecule has 1 aliphatic heterocycles. The average molecular weight is 478 g/mol. The van der Waals surface area contributed by atoms with Gasteiger partial charge in [-0.05, 0) is 61.4 Å². The number of carbonyl (C=O) groups excluding carboxylic acids is 1. The largest absolute Gasteiger partial charge is 0.336 e. The molecule has 0 radical (unpaired) electrons. The molecule has 3 unspecified atom stereocenters. The van der Waals surface area contributed by atoms with E-state index >= 15 is 4.39 Å². The number of hydrogen-bond acceptors (Lipinski definition) is 4. The van der Waals surface area contributed by atoms with Crippen LogP contribution in [-0.4, -0.2) is 35.4 Å². The summed E-state index contributed by atoms with van der Waals surface area (Å²) in [6.07, 6.45) is 1.82. The van der Waals surface area contributed by atoms with Crippen LogP contribution in [0.1, 0.15) is 25.3 Å². The summed E-state index contributed by atoms with van der Waals surface area (Å²) in [6.45, 7) is 1.94. The predicted molar refractivity (Wildman–Crippen MR) is 118 cm³/mol. The van der Waals surface area contributed by atoms with Gasteiger partial charge in [-0.3, -0.25) is 9.52 Å². The molecule has 4 nitrogen and oxygen atoms in total. The zero-order chi connectivity index (χ0) is 23.8. The van der Waals surface area contributed by atoms with Gasteiger partial charge in [0.2, 0.25) is 5.91 Å². The lowest BCUT2D eigenvalue weighted by molar-refractivity contribution is -0.134. The van der Waals surface area contributed by atoms with Crippen LogP contribution in [0.3, 0.4) is 0 Å². The van der Waals surface area contributed by atoms with Gasteiger partial charge in [0.25, 0.3) is 0 Å². The number of nitrogens with one attached hydrogen (secondary N) is 1. The minimum absolute atomic E-state index is 0.0518. The average Bonchev–Trinajstić information content (AvgIpc) is 3.50. The highest BCUT2D eigenvalue weighted by Gasteiger charge is 2.60. The van der Waals surface area contributed by atoms with Gasteiger partial charge in [-0.2, -0.15) is 5.26 Å². The summed E-state index contributed by atoms with van der Waals surface area (Å²) in [6, 6.07) is 7.99. The number of nitriles is 1. The first-order valence-electron chi connectivity index (χ1n) is 10.7. The molecule has 2 aromatic rings. The first-order valence-corrected chi connectivity index (χ1v) is 11.7. The molecular formula is C24H23F4N3OS. The Morgan fingerprint density at radius 1 is 1.27 bits per heavy atom. The Balaban J connectivity index is 1.70. The molecular weight excluding hydrogens is 454 g/mol. The molecule has 9 heteroatoms. The SMILES string of the molecule is CC(C#N)C(=O)N1CC2(CC2)C(NSCF)C1Cc1cccc(-c2cc(F)cc(F)c2)c1F. The Labute approximate surface area is 194 Å². The van der Waals surface area contributed by atoms with E-state index in [1.165, 1.54) is 13.0 Å². The van der Waals surface area contributed by atoms with Crippen molar-refractivity contribution in [1.82, 2.24) is 9.62 Å². The molecule has 1 amide bonds. The number of hydrogen-bond donors (Lipinski definition) is 1. The van der Waals surface area contributed by atoms with Gasteiger partial charge in [0, 0.05) is 29.6 Å². The van der Waals surface area contributed by atoms with Crippen LogP contribution in [0.4, 0.5) is 17.6 Å². The van der Waals surface area contributed by atoms with E-state index in [2.05, 4.69) is 4.72 Å². The van der Waals surface area contributed by atoms with Crippen LogP contribution < -0.4 is 4.72 Å². The second-order valence-electron chi connectivity index (χ2n) is 8.74. The minimum atomic E-state index is -0.859. The molecule has 174 valence electrons. The smallest absolute Gasteiger partial charge is 0.239 e. The Hall–Kier alpha value is -2.57. The van der Waals surface area contributed by atoms with E-state index in [9.17, 15) is 23.2 Å². The van der Waals surface area contributed by atoms with Crippen LogP contribution in [0.15, 0.2) is 36.4 Å². The highest BCUT2D eigenvalue weighted by molar-refractivity contribution is 7.97. The third-order valence-corrected chi connectivity index (χ3v) is 7.15. The van der Waals surface area contributed by atoms with Crippen molar-refractivity contribution < 1.29 is 22.4 Å². The number of rotatable bonds is 7. The van der Waals surface area contributed by atoms with Crippen LogP contribution in [0, 0.1) is 40.1 Å². The van der Waals surface area contributed by atoms with Crippen molar-refractivity contribution in [3.05, 3.63) is 59.4 Å². The van der Waals surface area contributed by atoms with Crippen molar-refractivity contribution in [3.63, 3.8) is 0 Å². The van der Waals surface area contributed by atoms with Gasteiger partial charge in [-0.1, -0.05) is 18.2 Å². The zero-order valence-electron chi connectivity index (χ0n) is 18.0. The maximum absolute atomic E-state index is 15.5. The topological polar surface area (TPSA) is 56.1 Å². The fourth-order valence-corrected chi connectivity index (χ4v) is 5.42. The van der Waals surface area contributed by atoms with Crippen molar-refractivity contribution in [2.24, 2.45) is 11.3 Å². The van der Waals surface area contributed by atoms with Crippen molar-refractivity contribution in [2.45, 2.75) is 38.3 Å². The number of halogens is 4. The molecule has 1 spiro atoms. The molecule has 1 saturated carbocycles. The highest BCUT2D eigenvalue weighted by atomic mass is 32.2. The third kappa shape index (κ3) is 4.59. The maximum atomic E-state index is 15.5. The molecule has 2 aliphatic rings. The first-order chi connectivity index (χ1) is 15.8. The van der Waals surface area contributed by atoms with Crippen molar-refractivity contribution in [1.29, 1.82) is 5.26 Å². The van der Waals surface area contributed by atoms with E-state index in [0.717, 1.165) is 43.0 Å². The van der Waals surface area contributed by atoms with E-state index in [1.807, 2.05) is 6.07 Å². The number of carbonyl (C=O) groups is 1. The summed E-state index contributed by atoms with van der Waals surface area (Å²) in [5, 5.41) is 9.26. The molecule has 2 fully saturated rings. The van der Waals surface area contributed by atoms with Crippen molar-refractivity contribution in [3.8, 4) is 17.2 Å². The summed E-state index contributed by atoms with van der Waals surface area (Å²) in [4.78, 5) is 14.6. The normalized spacial score (nSPS) is 21.8. The number of benzene rings is 2. The molecule has 4 rings (SSSR count). The van der Waals surface area contributed by atoms with Crippen LogP contribution in [0.25, 0.3) is 11.1 Å². The molecule has 1 saturated heterocycles. The monoisotopic (exact) mass is 477 g/mol. The van der Waals surface area contributed by atoms with Gasteiger partial charge in [0.15, 0.2) is 0 Å². The van der Waals surface area contributed by atoms with E-state index in [0.29, 0.717) is 6.54 Å². The molecule has 3 atom stereocenters. The Kier molecular flexibility index (Phi) is 6.68. The molecule has 1 aliphatic carbocycles. The maximum Gasteiger partial charge on any atom is 0.239 e. The van der Waals surface area contributed by atoms with Crippen molar-refractivity contribution >= 4 is 17.9 Å². The lowest BCUT2D eigenvalue weighted by atomic mass is 9.91. The van der Waals surface area contributed by atoms with E-state index < -0.39 is 35.4 Å². The number of amides is 1. The lowest BCUT2D eigenvalue weighted by Crippen LogP contribution is -2.47. The summed E-state index contributed by atoms with van der Waals surface area (Å²) >= 11 is 0.901. The first kappa shape index (κ1) is 23.6. The summed E-state index contributed by atoms with van der Waals surface area (Å²) in [7, 11) is 0. The van der Waals surface area contributed by atoms with Crippen LogP contribution in [-0.2, 0) is 11.2 Å². The quantitative estimate of drug-likeness (QED) is 0.451. The summed E-state index contributed by atoms with van der Waals surface area (Å²) in [5.74, 6) is -3.45. The fourth-order valence-electron chi connectivity index (χ4n) is 4.77. The van der Waals surface area contributed by atoms with E-state index in [4.69, 9.17) is 0 Å². The van der Waals surface area contributed by atoms with Gasteiger partial charge in [0.1, 0.15) is 29.4 Å². The van der Waals surface area contributed by atoms with E-state index in [-0.39, 0.29) is 40.5 Å². The molecule has 1 heterocycles. The van der Waals surface area contributed by atoms with Gasteiger partial charge < -0.3 is 4.90 Å². The number of alkyl halides is 1. The molecule has 1 N–H and O–H groups in total. The Morgan fingerprint density at radius 3 is 2.58 bits per heavy atom. The van der Waals surface area contributed by atoms with Crippen LogP contribution in [0.5, 0.6) is 0 Å². The number of likely N-dealkylation sites (tertiary alicyclic amines) is 1. The molecule has 0 bridgehead atoms. The Morgan fingerprint density at radius 2 is 1.97 bits per heavy atom. The second-order valence-corrected chi connectivity index (χ2v) is 9.48. The third-order valence-electron chi connectivity index (χ3n) is 6.62. The Bertz CT molecular complexity index is 1080. The second kappa shape index (κ2) is 9.35. The van der Waals surface area contributed by atoms with Crippen molar-refractivity contribution in [2.75, 3.05) is 12.6 Å². The van der Waals surface area contributed by atoms with E-state index in [1.54, 1.807) is 17.0 Å².